The molecule has 0 aliphatic carbocycles. The van der Waals surface area contributed by atoms with E-state index in [-0.39, 0.29) is 24.3 Å². The van der Waals surface area contributed by atoms with Crippen LogP contribution in [-0.2, 0) is 10.8 Å². The van der Waals surface area contributed by atoms with Crippen LogP contribution in [0.2, 0.25) is 0 Å². The van der Waals surface area contributed by atoms with E-state index in [0.717, 1.165) is 135 Å². The van der Waals surface area contributed by atoms with Crippen molar-refractivity contribution < 1.29 is 4.74 Å². The lowest BCUT2D eigenvalue weighted by atomic mass is 9.31. The van der Waals surface area contributed by atoms with E-state index < -0.39 is 0 Å². The number of nitrogens with zero attached hydrogens (tertiary/aromatic N) is 4. The fraction of sp³-hybridized carbons (Fsp3) is 0.0727. The molecule has 4 aliphatic heterocycles. The summed E-state index contributed by atoms with van der Waals surface area (Å²) < 4.78 is 7.41. The number of hydrogen-bond acceptors (Lipinski definition) is 6. The molecule has 0 fully saturated rings. The largest absolute Gasteiger partial charge is 0.458 e. The molecule has 21 rings (SSSR count). The van der Waals surface area contributed by atoms with Crippen molar-refractivity contribution in [2.75, 3.05) is 19.6 Å². The SMILES string of the molecule is CC(C)(C)c1ccc(-c2cccc(-c3ccc(C(C)(C)C)cc3)c2N2c3cc4c(cc3B3c5ccccc5N(c5ccccc5)c5cc(N(c6ccc(-c7ccccc7)cc6)c6ccc(-c7ccccc7)cc6)cc2c53)B2c3ccccc3Oc3cc(N(c5ccc(-c6ccccc6)cc5)c5ccc(-c6ccccc6)cc5)cc(c32)S4)cc1. The molecule has 562 valence electrons. The standard InChI is InChI=1S/C110H84B2N4OS/c1-109(2,3)83-55-43-81(44-56-83)92-37-26-38-93(82-45-57-84(58-46-82)110(4,5)6)108(92)116-99-72-104-97(112-95-40-23-25-42-102(95)117-103-69-91(70-105(118-104)107(103)112)114(88-63-51-79(52-64-88)75-31-16-9-17-32-75)89-65-53-80(54-66-89)76-33-18-10-19-34-76)71-96(99)111-94-39-22-24-41-98(94)115(85-35-20-11-21-36-85)100-67-90(68-101(116)106(100)111)113(86-59-47-77(48-60-86)73-27-12-7-13-28-73)87-61-49-78(50-62-87)74-29-14-8-15-30-74/h7-72H,1-6H3. The van der Waals surface area contributed by atoms with Gasteiger partial charge in [-0.25, -0.2) is 0 Å². The molecule has 5 nitrogen and oxygen atoms in total. The van der Waals surface area contributed by atoms with Crippen LogP contribution >= 0.6 is 11.8 Å². The average molecular weight is 1530 g/mol. The van der Waals surface area contributed by atoms with Crippen LogP contribution in [0, 0.1) is 0 Å². The van der Waals surface area contributed by atoms with Crippen molar-refractivity contribution in [1.29, 1.82) is 0 Å². The zero-order valence-corrected chi connectivity index (χ0v) is 67.7. The molecule has 0 spiro atoms. The van der Waals surface area contributed by atoms with Crippen molar-refractivity contribution in [2.24, 2.45) is 0 Å². The monoisotopic (exact) mass is 1530 g/mol. The van der Waals surface area contributed by atoms with Gasteiger partial charge >= 0.3 is 0 Å². The third-order valence-corrected chi connectivity index (χ3v) is 25.4. The van der Waals surface area contributed by atoms with E-state index in [1.807, 2.05) is 11.8 Å². The van der Waals surface area contributed by atoms with Gasteiger partial charge in [0, 0.05) is 78.2 Å². The Labute approximate surface area is 697 Å². The second kappa shape index (κ2) is 29.2. The van der Waals surface area contributed by atoms with E-state index in [4.69, 9.17) is 4.74 Å². The quantitative estimate of drug-likeness (QED) is 0.101. The van der Waals surface area contributed by atoms with Crippen LogP contribution in [0.3, 0.4) is 0 Å². The Hall–Kier alpha value is -13.8. The molecule has 4 heterocycles. The predicted molar refractivity (Wildman–Crippen MR) is 502 cm³/mol. The zero-order chi connectivity index (χ0) is 79.3. The molecule has 0 bridgehead atoms. The first-order valence-corrected chi connectivity index (χ1v) is 41.9. The smallest absolute Gasteiger partial charge is 0.253 e. The lowest BCUT2D eigenvalue weighted by molar-refractivity contribution is 0.486. The summed E-state index contributed by atoms with van der Waals surface area (Å²) in [5.74, 6) is 1.71. The minimum atomic E-state index is -0.248. The molecule has 4 aliphatic rings. The molecule has 17 aromatic rings. The van der Waals surface area contributed by atoms with Crippen LogP contribution in [-0.4, -0.2) is 13.4 Å². The first kappa shape index (κ1) is 72.0. The van der Waals surface area contributed by atoms with Crippen LogP contribution in [0.25, 0.3) is 66.8 Å². The van der Waals surface area contributed by atoms with E-state index in [1.165, 1.54) is 65.6 Å². The molecule has 0 aromatic heterocycles. The number of benzene rings is 17. The molecular weight excluding hydrogens is 1450 g/mol. The summed E-state index contributed by atoms with van der Waals surface area (Å²) in [4.78, 5) is 12.5. The second-order valence-electron chi connectivity index (χ2n) is 33.6. The normalized spacial score (nSPS) is 12.8. The van der Waals surface area contributed by atoms with Crippen molar-refractivity contribution in [3.8, 4) is 78.3 Å². The van der Waals surface area contributed by atoms with Gasteiger partial charge in [0.2, 0.25) is 0 Å². The van der Waals surface area contributed by atoms with Crippen LogP contribution in [0.5, 0.6) is 11.5 Å². The Morgan fingerprint density at radius 2 is 0.636 bits per heavy atom. The Morgan fingerprint density at radius 3 is 1.09 bits per heavy atom. The fourth-order valence-electron chi connectivity index (χ4n) is 18.4. The Morgan fingerprint density at radius 1 is 0.254 bits per heavy atom. The predicted octanol–water partition coefficient (Wildman–Crippen LogP) is 26.4. The van der Waals surface area contributed by atoms with E-state index in [1.54, 1.807) is 0 Å². The number of para-hydroxylation sites is 4. The van der Waals surface area contributed by atoms with Crippen LogP contribution < -0.4 is 57.1 Å². The molecule has 0 saturated carbocycles. The summed E-state index contributed by atoms with van der Waals surface area (Å²) in [5.41, 5.74) is 36.3. The topological polar surface area (TPSA) is 22.2 Å². The average Bonchev–Trinajstić information content (AvgIpc) is 0.684. The van der Waals surface area contributed by atoms with Crippen molar-refractivity contribution in [2.45, 2.75) is 62.2 Å². The third-order valence-electron chi connectivity index (χ3n) is 24.3. The van der Waals surface area contributed by atoms with Gasteiger partial charge in [-0.1, -0.05) is 356 Å². The summed E-state index contributed by atoms with van der Waals surface area (Å²) >= 11 is 1.87. The van der Waals surface area contributed by atoms with Gasteiger partial charge < -0.3 is 24.3 Å². The van der Waals surface area contributed by atoms with Gasteiger partial charge in [0.25, 0.3) is 13.4 Å². The number of fused-ring (bicyclic) bond motifs is 8. The minimum Gasteiger partial charge on any atom is -0.458 e. The van der Waals surface area contributed by atoms with E-state index >= 15 is 0 Å². The van der Waals surface area contributed by atoms with Gasteiger partial charge in [-0.15, -0.1) is 0 Å². The molecule has 0 unspecified atom stereocenters. The van der Waals surface area contributed by atoms with Gasteiger partial charge in [-0.3, -0.25) is 0 Å². The summed E-state index contributed by atoms with van der Waals surface area (Å²) in [5, 5.41) is 0. The second-order valence-corrected chi connectivity index (χ2v) is 34.6. The molecule has 8 heteroatoms. The highest BCUT2D eigenvalue weighted by Gasteiger charge is 2.48. The van der Waals surface area contributed by atoms with Crippen LogP contribution in [0.15, 0.2) is 410 Å². The van der Waals surface area contributed by atoms with Crippen molar-refractivity contribution >= 4 is 126 Å². The van der Waals surface area contributed by atoms with E-state index in [2.05, 4.69) is 462 Å². The minimum absolute atomic E-state index is 0.0721. The molecule has 17 aromatic carbocycles. The van der Waals surface area contributed by atoms with Crippen molar-refractivity contribution in [3.05, 3.63) is 412 Å². The van der Waals surface area contributed by atoms with E-state index in [0.29, 0.717) is 0 Å². The zero-order valence-electron chi connectivity index (χ0n) is 66.9. The molecule has 118 heavy (non-hydrogen) atoms. The lowest BCUT2D eigenvalue weighted by Gasteiger charge is -2.46. The first-order valence-electron chi connectivity index (χ1n) is 41.1. The van der Waals surface area contributed by atoms with Gasteiger partial charge in [0.15, 0.2) is 0 Å². The fourth-order valence-corrected chi connectivity index (χ4v) is 19.6. The first-order chi connectivity index (χ1) is 57.8. The summed E-state index contributed by atoms with van der Waals surface area (Å²) in [6, 6.07) is 149. The van der Waals surface area contributed by atoms with Gasteiger partial charge in [-0.05, 0) is 202 Å². The van der Waals surface area contributed by atoms with Gasteiger partial charge in [0.1, 0.15) is 11.5 Å². The molecule has 0 amide bonds. The Balaban J connectivity index is 0.845. The maximum absolute atomic E-state index is 7.41. The van der Waals surface area contributed by atoms with E-state index in [9.17, 15) is 0 Å². The highest BCUT2D eigenvalue weighted by Crippen LogP contribution is 2.55. The third kappa shape index (κ3) is 12.8. The Kier molecular flexibility index (Phi) is 17.8. The molecule has 0 atom stereocenters. The molecule has 0 saturated heterocycles. The number of ether oxygens (including phenoxy) is 1. The number of rotatable bonds is 14. The Bertz CT molecular complexity index is 6410. The summed E-state index contributed by atoms with van der Waals surface area (Å²) in [7, 11) is 0. The van der Waals surface area contributed by atoms with Gasteiger partial charge in [0.05, 0.1) is 17.1 Å². The molecular formula is C110H84B2N4OS. The van der Waals surface area contributed by atoms with Crippen LogP contribution in [0.4, 0.5) is 68.2 Å². The lowest BCUT2D eigenvalue weighted by Crippen LogP contribution is -2.64. The number of hydrogen-bond donors (Lipinski definition) is 0. The molecule has 0 N–H and O–H groups in total. The summed E-state index contributed by atoms with van der Waals surface area (Å²) in [6.07, 6.45) is 0. The molecule has 0 radical (unpaired) electrons. The highest BCUT2D eigenvalue weighted by molar-refractivity contribution is 8.00. The maximum atomic E-state index is 7.41. The summed E-state index contributed by atoms with van der Waals surface area (Å²) in [6.45, 7) is 13.4. The van der Waals surface area contributed by atoms with Crippen LogP contribution in [0.1, 0.15) is 52.7 Å². The highest BCUT2D eigenvalue weighted by atomic mass is 32.2. The maximum Gasteiger partial charge on any atom is 0.253 e. The van der Waals surface area contributed by atoms with Gasteiger partial charge in [-0.2, -0.15) is 0 Å². The van der Waals surface area contributed by atoms with Crippen molar-refractivity contribution in [1.82, 2.24) is 0 Å². The number of anilines is 12. The van der Waals surface area contributed by atoms with Crippen molar-refractivity contribution in [3.63, 3.8) is 0 Å².